The van der Waals surface area contributed by atoms with Crippen molar-refractivity contribution >= 4 is 17.3 Å². The molecule has 1 aromatic carbocycles. The van der Waals surface area contributed by atoms with Gasteiger partial charge in [-0.1, -0.05) is 19.9 Å². The summed E-state index contributed by atoms with van der Waals surface area (Å²) in [5.41, 5.74) is 0.406. The average molecular weight is 293 g/mol. The molecule has 0 saturated heterocycles. The smallest absolute Gasteiger partial charge is 0.305 e. The van der Waals surface area contributed by atoms with Gasteiger partial charge in [-0.3, -0.25) is 14.9 Å². The molecule has 0 heterocycles. The molecule has 0 aliphatic carbocycles. The highest BCUT2D eigenvalue weighted by molar-refractivity contribution is 6.00. The molecule has 0 atom stereocenters. The second kappa shape index (κ2) is 8.24. The van der Waals surface area contributed by atoms with Gasteiger partial charge in [0.15, 0.2) is 0 Å². The minimum atomic E-state index is -0.485. The number of benzene rings is 1. The Morgan fingerprint density at radius 3 is 2.33 bits per heavy atom. The molecule has 0 saturated carbocycles. The van der Waals surface area contributed by atoms with Crippen LogP contribution < -0.4 is 5.32 Å². The molecule has 1 aromatic rings. The van der Waals surface area contributed by atoms with Crippen LogP contribution >= 0.6 is 0 Å². The van der Waals surface area contributed by atoms with E-state index in [0.717, 1.165) is 12.8 Å². The molecule has 21 heavy (non-hydrogen) atoms. The first kappa shape index (κ1) is 16.9. The third-order valence-electron chi connectivity index (χ3n) is 3.09. The maximum atomic E-state index is 12.6. The second-order valence-corrected chi connectivity index (χ2v) is 4.78. The van der Waals surface area contributed by atoms with E-state index >= 15 is 0 Å². The number of carbonyl (C=O) groups excluding carboxylic acids is 1. The van der Waals surface area contributed by atoms with Crippen LogP contribution in [-0.4, -0.2) is 35.4 Å². The first-order valence-electron chi connectivity index (χ1n) is 7.37. The average Bonchev–Trinajstić information content (AvgIpc) is 2.46. The molecule has 0 aromatic heterocycles. The topological polar surface area (TPSA) is 75.5 Å². The molecular formula is C15H23N3O3. The maximum absolute atomic E-state index is 12.6. The van der Waals surface area contributed by atoms with Crippen LogP contribution in [0.15, 0.2) is 18.2 Å². The van der Waals surface area contributed by atoms with Gasteiger partial charge in [0, 0.05) is 19.6 Å². The van der Waals surface area contributed by atoms with Gasteiger partial charge in [-0.2, -0.15) is 0 Å². The Balaban J connectivity index is 3.24. The first-order chi connectivity index (χ1) is 10.1. The highest BCUT2D eigenvalue weighted by Crippen LogP contribution is 2.29. The Bertz CT molecular complexity index is 497. The Kier molecular flexibility index (Phi) is 6.65. The monoisotopic (exact) mass is 293 g/mol. The van der Waals surface area contributed by atoms with E-state index in [2.05, 4.69) is 5.32 Å². The minimum Gasteiger partial charge on any atom is -0.380 e. The summed E-state index contributed by atoms with van der Waals surface area (Å²) in [7, 11) is 0. The molecule has 0 aliphatic rings. The quantitative estimate of drug-likeness (QED) is 0.589. The van der Waals surface area contributed by atoms with Gasteiger partial charge in [-0.05, 0) is 31.9 Å². The second-order valence-electron chi connectivity index (χ2n) is 4.78. The zero-order valence-corrected chi connectivity index (χ0v) is 12.9. The van der Waals surface area contributed by atoms with Gasteiger partial charge in [0.05, 0.1) is 4.92 Å². The van der Waals surface area contributed by atoms with Crippen LogP contribution in [0.2, 0.25) is 0 Å². The highest BCUT2D eigenvalue weighted by Gasteiger charge is 2.27. The van der Waals surface area contributed by atoms with Crippen molar-refractivity contribution in [1.82, 2.24) is 4.90 Å². The van der Waals surface area contributed by atoms with Crippen LogP contribution in [0.5, 0.6) is 0 Å². The van der Waals surface area contributed by atoms with Crippen LogP contribution in [0, 0.1) is 10.1 Å². The van der Waals surface area contributed by atoms with Crippen molar-refractivity contribution in [2.75, 3.05) is 25.0 Å². The fourth-order valence-corrected chi connectivity index (χ4v) is 2.27. The van der Waals surface area contributed by atoms with E-state index in [-0.39, 0.29) is 17.2 Å². The number of nitrogens with one attached hydrogen (secondary N) is 1. The molecule has 1 amide bonds. The molecule has 0 bridgehead atoms. The van der Waals surface area contributed by atoms with Gasteiger partial charge in [-0.15, -0.1) is 0 Å². The molecule has 0 aliphatic heterocycles. The number of anilines is 1. The number of nitrogens with zero attached hydrogens (tertiary/aromatic N) is 2. The molecule has 0 radical (unpaired) electrons. The summed E-state index contributed by atoms with van der Waals surface area (Å²) in [5.74, 6) is -0.273. The van der Waals surface area contributed by atoms with Gasteiger partial charge in [0.25, 0.3) is 5.91 Å². The Morgan fingerprint density at radius 2 is 1.86 bits per heavy atom. The largest absolute Gasteiger partial charge is 0.380 e. The first-order valence-corrected chi connectivity index (χ1v) is 7.37. The number of hydrogen-bond donors (Lipinski definition) is 1. The van der Waals surface area contributed by atoms with Crippen LogP contribution in [0.3, 0.4) is 0 Å². The molecule has 0 unspecified atom stereocenters. The van der Waals surface area contributed by atoms with Gasteiger partial charge < -0.3 is 10.2 Å². The fraction of sp³-hybridized carbons (Fsp3) is 0.533. The maximum Gasteiger partial charge on any atom is 0.305 e. The summed E-state index contributed by atoms with van der Waals surface area (Å²) in [4.78, 5) is 25.1. The van der Waals surface area contributed by atoms with Gasteiger partial charge >= 0.3 is 5.69 Å². The molecule has 6 heteroatoms. The van der Waals surface area contributed by atoms with Crippen LogP contribution in [-0.2, 0) is 0 Å². The number of para-hydroxylation sites is 1. The lowest BCUT2D eigenvalue weighted by atomic mass is 10.1. The lowest BCUT2D eigenvalue weighted by Gasteiger charge is -2.21. The van der Waals surface area contributed by atoms with E-state index in [9.17, 15) is 14.9 Å². The summed E-state index contributed by atoms with van der Waals surface area (Å²) in [6.45, 7) is 7.61. The van der Waals surface area contributed by atoms with Crippen LogP contribution in [0.4, 0.5) is 11.4 Å². The van der Waals surface area contributed by atoms with Gasteiger partial charge in [0.2, 0.25) is 0 Å². The lowest BCUT2D eigenvalue weighted by molar-refractivity contribution is -0.384. The molecule has 6 nitrogen and oxygen atoms in total. The number of nitro groups is 1. The minimum absolute atomic E-state index is 0.137. The van der Waals surface area contributed by atoms with Crippen molar-refractivity contribution in [1.29, 1.82) is 0 Å². The van der Waals surface area contributed by atoms with Crippen molar-refractivity contribution in [2.24, 2.45) is 0 Å². The highest BCUT2D eigenvalue weighted by atomic mass is 16.6. The number of rotatable bonds is 8. The zero-order valence-electron chi connectivity index (χ0n) is 12.9. The van der Waals surface area contributed by atoms with Crippen molar-refractivity contribution in [3.05, 3.63) is 33.9 Å². The molecular weight excluding hydrogens is 270 g/mol. The zero-order chi connectivity index (χ0) is 15.8. The standard InChI is InChI=1S/C15H23N3O3/c1-4-10-17(11-5-2)15(19)12-8-7-9-13(16-6-3)14(12)18(20)21/h7-9,16H,4-6,10-11H2,1-3H3. The Labute approximate surface area is 125 Å². The summed E-state index contributed by atoms with van der Waals surface area (Å²) in [5, 5.41) is 14.3. The number of hydrogen-bond acceptors (Lipinski definition) is 4. The molecule has 1 rings (SSSR count). The van der Waals surface area contributed by atoms with Crippen molar-refractivity contribution < 1.29 is 9.72 Å². The van der Waals surface area contributed by atoms with Gasteiger partial charge in [-0.25, -0.2) is 0 Å². The number of amides is 1. The van der Waals surface area contributed by atoms with Crippen molar-refractivity contribution in [3.8, 4) is 0 Å². The third kappa shape index (κ3) is 4.18. The molecule has 1 N–H and O–H groups in total. The molecule has 0 spiro atoms. The number of carbonyl (C=O) groups is 1. The summed E-state index contributed by atoms with van der Waals surface area (Å²) < 4.78 is 0. The predicted octanol–water partition coefficient (Wildman–Crippen LogP) is 3.29. The number of nitro benzene ring substituents is 1. The SMILES string of the molecule is CCCN(CCC)C(=O)c1cccc(NCC)c1[N+](=O)[O-]. The Hall–Kier alpha value is -2.11. The van der Waals surface area contributed by atoms with Crippen molar-refractivity contribution in [2.45, 2.75) is 33.6 Å². The molecule has 0 fully saturated rings. The summed E-state index contributed by atoms with van der Waals surface area (Å²) in [6, 6.07) is 4.83. The summed E-state index contributed by atoms with van der Waals surface area (Å²) >= 11 is 0. The van der Waals surface area contributed by atoms with Crippen LogP contribution in [0.25, 0.3) is 0 Å². The lowest BCUT2D eigenvalue weighted by Crippen LogP contribution is -2.33. The van der Waals surface area contributed by atoms with E-state index in [1.807, 2.05) is 20.8 Å². The van der Waals surface area contributed by atoms with Crippen molar-refractivity contribution in [3.63, 3.8) is 0 Å². The van der Waals surface area contributed by atoms with E-state index in [4.69, 9.17) is 0 Å². The Morgan fingerprint density at radius 1 is 1.24 bits per heavy atom. The predicted molar refractivity (Wildman–Crippen MR) is 83.7 cm³/mol. The van der Waals surface area contributed by atoms with E-state index < -0.39 is 4.92 Å². The summed E-state index contributed by atoms with van der Waals surface area (Å²) in [6.07, 6.45) is 1.65. The van der Waals surface area contributed by atoms with Gasteiger partial charge in [0.1, 0.15) is 11.3 Å². The van der Waals surface area contributed by atoms with E-state index in [1.54, 1.807) is 17.0 Å². The van der Waals surface area contributed by atoms with E-state index in [1.165, 1.54) is 6.07 Å². The third-order valence-corrected chi connectivity index (χ3v) is 3.09. The fourth-order valence-electron chi connectivity index (χ4n) is 2.27. The normalized spacial score (nSPS) is 10.2. The van der Waals surface area contributed by atoms with E-state index in [0.29, 0.717) is 25.3 Å². The van der Waals surface area contributed by atoms with Crippen LogP contribution in [0.1, 0.15) is 44.0 Å². The molecule has 116 valence electrons.